The molecule has 0 heterocycles. The summed E-state index contributed by atoms with van der Waals surface area (Å²) in [4.78, 5) is 27.2. The van der Waals surface area contributed by atoms with Crippen molar-refractivity contribution in [2.75, 3.05) is 6.54 Å². The van der Waals surface area contributed by atoms with Crippen molar-refractivity contribution < 1.29 is 29.7 Å². The molecule has 5 N–H and O–H groups in total. The molecule has 0 aromatic heterocycles. The summed E-state index contributed by atoms with van der Waals surface area (Å²) >= 11 is 0. The molecule has 0 aliphatic carbocycles. The molecule has 0 rings (SSSR count). The molecule has 14 heavy (non-hydrogen) atoms. The topological polar surface area (TPSA) is 138 Å². The van der Waals surface area contributed by atoms with E-state index in [1.807, 2.05) is 0 Å². The van der Waals surface area contributed by atoms with Crippen LogP contribution in [0.15, 0.2) is 0 Å². The van der Waals surface area contributed by atoms with Gasteiger partial charge >= 0.3 is 33.3 Å². The Bertz CT molecular complexity index is 152. The van der Waals surface area contributed by atoms with Crippen LogP contribution in [0.3, 0.4) is 0 Å². The molecule has 7 nitrogen and oxygen atoms in total. The predicted molar refractivity (Wildman–Crippen MR) is 51.9 cm³/mol. The summed E-state index contributed by atoms with van der Waals surface area (Å²) in [6, 6.07) is 0. The fraction of sp³-hybridized carbons (Fsp3) is 0.500. The molecule has 0 bridgehead atoms. The normalized spacial score (nSPS) is 6.21. The van der Waals surface area contributed by atoms with Gasteiger partial charge in [-0.05, 0) is 0 Å². The number of rotatable bonds is 1. The van der Waals surface area contributed by atoms with Crippen molar-refractivity contribution in [3.8, 4) is 0 Å². The van der Waals surface area contributed by atoms with Crippen LogP contribution in [0, 0.1) is 0 Å². The van der Waals surface area contributed by atoms with Gasteiger partial charge in [-0.2, -0.15) is 0 Å². The Kier molecular flexibility index (Phi) is 30.2. The van der Waals surface area contributed by atoms with E-state index in [1.165, 1.54) is 0 Å². The molecule has 0 aromatic carbocycles. The summed E-state index contributed by atoms with van der Waals surface area (Å²) < 4.78 is 0. The van der Waals surface area contributed by atoms with E-state index < -0.39 is 17.9 Å². The molecule has 0 spiro atoms. The van der Waals surface area contributed by atoms with E-state index in [1.54, 1.807) is 0 Å². The van der Waals surface area contributed by atoms with Gasteiger partial charge in [0.1, 0.15) is 0 Å². The van der Waals surface area contributed by atoms with Crippen LogP contribution in [0.1, 0.15) is 13.8 Å². The molecule has 0 aromatic rings. The number of nitrogens with two attached hydrogens (primary N) is 1. The van der Waals surface area contributed by atoms with Crippen molar-refractivity contribution in [1.82, 2.24) is 0 Å². The molecule has 0 aliphatic heterocycles. The quantitative estimate of drug-likeness (QED) is 0.382. The maximum absolute atomic E-state index is 9.24. The van der Waals surface area contributed by atoms with E-state index >= 15 is 0 Å². The van der Waals surface area contributed by atoms with Crippen molar-refractivity contribution in [2.24, 2.45) is 5.73 Å². The molecule has 2 radical (unpaired) electrons. The third-order valence-corrected chi connectivity index (χ3v) is 0.175. The third kappa shape index (κ3) is 716. The molecule has 0 fully saturated rings. The first-order chi connectivity index (χ1) is 5.73. The number of aliphatic carboxylic acids is 3. The Hall–Kier alpha value is -0.708. The standard InChI is InChI=1S/C2H5NO2.2C2H4O2.Pb.2H/c3-1-2(4)5;2*1-2(3)4;;;/h1,3H2,(H,4,5);2*1H3,(H,3,4);;;. The van der Waals surface area contributed by atoms with Gasteiger partial charge in [0, 0.05) is 13.8 Å². The van der Waals surface area contributed by atoms with E-state index in [0.717, 1.165) is 13.8 Å². The van der Waals surface area contributed by atoms with Crippen LogP contribution >= 0.6 is 0 Å². The number of hydrogen-bond acceptors (Lipinski definition) is 4. The van der Waals surface area contributed by atoms with E-state index in [0.29, 0.717) is 0 Å². The average molecular weight is 404 g/mol. The third-order valence-electron chi connectivity index (χ3n) is 0.175. The summed E-state index contributed by atoms with van der Waals surface area (Å²) in [6.07, 6.45) is 0. The fourth-order valence-electron chi connectivity index (χ4n) is 0. The van der Waals surface area contributed by atoms with Gasteiger partial charge in [0.05, 0.1) is 6.54 Å². The first kappa shape index (κ1) is 23.3. The molecule has 0 unspecified atom stereocenters. The van der Waals surface area contributed by atoms with Gasteiger partial charge in [0.25, 0.3) is 11.9 Å². The SMILES string of the molecule is CC(=O)O.CC(=O)O.NCC(=O)O.[PbH2]. The second-order valence-corrected chi connectivity index (χ2v) is 1.64. The number of hydrogen-bond donors (Lipinski definition) is 4. The molecule has 8 heteroatoms. The Morgan fingerprint density at radius 3 is 1.07 bits per heavy atom. The number of carboxylic acid groups (broad SMARTS) is 3. The second kappa shape index (κ2) is 18.2. The van der Waals surface area contributed by atoms with Gasteiger partial charge in [-0.25, -0.2) is 0 Å². The van der Waals surface area contributed by atoms with Crippen LogP contribution in [-0.4, -0.2) is 67.1 Å². The Labute approximate surface area is 101 Å². The van der Waals surface area contributed by atoms with Gasteiger partial charge in [-0.1, -0.05) is 0 Å². The molecular weight excluding hydrogens is 389 g/mol. The van der Waals surface area contributed by atoms with Gasteiger partial charge in [-0.3, -0.25) is 14.4 Å². The molecule has 0 amide bonds. The molecule has 0 saturated heterocycles. The summed E-state index contributed by atoms with van der Waals surface area (Å²) in [7, 11) is 0. The zero-order chi connectivity index (χ0) is 11.4. The van der Waals surface area contributed by atoms with Crippen LogP contribution in [0.5, 0.6) is 0 Å². The monoisotopic (exact) mass is 405 g/mol. The Morgan fingerprint density at radius 2 is 1.07 bits per heavy atom. The van der Waals surface area contributed by atoms with Gasteiger partial charge in [-0.15, -0.1) is 0 Å². The molecule has 0 aliphatic rings. The zero-order valence-electron chi connectivity index (χ0n) is 8.06. The predicted octanol–water partition coefficient (Wildman–Crippen LogP) is -1.70. The van der Waals surface area contributed by atoms with Crippen molar-refractivity contribution in [1.29, 1.82) is 0 Å². The van der Waals surface area contributed by atoms with E-state index in [9.17, 15) is 4.79 Å². The molecule has 0 saturated carbocycles. The molecule has 0 atom stereocenters. The van der Waals surface area contributed by atoms with E-state index in [4.69, 9.17) is 24.9 Å². The second-order valence-electron chi connectivity index (χ2n) is 1.64. The molecular formula is C6H15NO6Pb. The summed E-state index contributed by atoms with van der Waals surface area (Å²) in [6.45, 7) is 1.89. The van der Waals surface area contributed by atoms with Crippen LogP contribution in [-0.2, 0) is 14.4 Å². The minimum atomic E-state index is -0.968. The maximum atomic E-state index is 9.24. The van der Waals surface area contributed by atoms with Crippen molar-refractivity contribution in [2.45, 2.75) is 13.8 Å². The Morgan fingerprint density at radius 1 is 1.00 bits per heavy atom. The van der Waals surface area contributed by atoms with Crippen molar-refractivity contribution in [3.63, 3.8) is 0 Å². The van der Waals surface area contributed by atoms with E-state index in [2.05, 4.69) is 5.73 Å². The minimum absolute atomic E-state index is 0. The first-order valence-corrected chi connectivity index (χ1v) is 3.04. The first-order valence-electron chi connectivity index (χ1n) is 3.04. The fourth-order valence-corrected chi connectivity index (χ4v) is 0. The van der Waals surface area contributed by atoms with Gasteiger partial charge < -0.3 is 21.1 Å². The zero-order valence-corrected chi connectivity index (χ0v) is 13.6. The van der Waals surface area contributed by atoms with Crippen LogP contribution in [0.2, 0.25) is 0 Å². The number of carbonyl (C=O) groups is 3. The number of carboxylic acids is 3. The van der Waals surface area contributed by atoms with Crippen LogP contribution < -0.4 is 5.73 Å². The van der Waals surface area contributed by atoms with Gasteiger partial charge in [0.15, 0.2) is 0 Å². The molecule has 84 valence electrons. The van der Waals surface area contributed by atoms with E-state index in [-0.39, 0.29) is 33.8 Å². The summed E-state index contributed by atoms with van der Waals surface area (Å²) in [5.74, 6) is -2.63. The Balaban J connectivity index is -0.0000000522. The van der Waals surface area contributed by atoms with Gasteiger partial charge in [0.2, 0.25) is 0 Å². The summed E-state index contributed by atoms with van der Waals surface area (Å²) in [5.41, 5.74) is 4.57. The van der Waals surface area contributed by atoms with Crippen LogP contribution in [0.4, 0.5) is 0 Å². The van der Waals surface area contributed by atoms with Crippen LogP contribution in [0.25, 0.3) is 0 Å². The van der Waals surface area contributed by atoms with Crippen molar-refractivity contribution >= 4 is 45.2 Å². The summed E-state index contributed by atoms with van der Waals surface area (Å²) in [5, 5.41) is 22.4. The van der Waals surface area contributed by atoms with Crippen molar-refractivity contribution in [3.05, 3.63) is 0 Å². The average Bonchev–Trinajstić information content (AvgIpc) is 1.84.